The van der Waals surface area contributed by atoms with Crippen LogP contribution in [0.5, 0.6) is 0 Å². The second-order valence-electron chi connectivity index (χ2n) is 5.96. The lowest BCUT2D eigenvalue weighted by atomic mass is 10.4. The highest BCUT2D eigenvalue weighted by molar-refractivity contribution is 5.92. The van der Waals surface area contributed by atoms with E-state index in [1.165, 1.54) is 6.92 Å². The highest BCUT2D eigenvalue weighted by Crippen LogP contribution is 1.73. The molecule has 16 heteroatoms. The molecule has 32 heavy (non-hydrogen) atoms. The van der Waals surface area contributed by atoms with Crippen LogP contribution in [-0.2, 0) is 38.4 Å². The predicted octanol–water partition coefficient (Wildman–Crippen LogP) is -6.10. The number of aliphatic carboxylic acids is 1. The lowest BCUT2D eigenvalue weighted by molar-refractivity contribution is -0.137. The van der Waals surface area contributed by atoms with E-state index in [-0.39, 0.29) is 6.54 Å². The predicted molar refractivity (Wildman–Crippen MR) is 104 cm³/mol. The SMILES string of the molecule is CC(=O)NCC(=O)NCC(=O)NCC(=O)NCC(=O)NCC(=O)NCC(=O)NCC(=O)O. The Morgan fingerprint density at radius 2 is 0.656 bits per heavy atom. The van der Waals surface area contributed by atoms with Crippen LogP contribution in [0, 0.1) is 0 Å². The van der Waals surface area contributed by atoms with Crippen molar-refractivity contribution in [2.45, 2.75) is 6.92 Å². The van der Waals surface area contributed by atoms with E-state index in [9.17, 15) is 38.4 Å². The zero-order valence-electron chi connectivity index (χ0n) is 17.2. The van der Waals surface area contributed by atoms with Crippen LogP contribution in [0.4, 0.5) is 0 Å². The van der Waals surface area contributed by atoms with Gasteiger partial charge in [-0.15, -0.1) is 0 Å². The van der Waals surface area contributed by atoms with Crippen LogP contribution in [0.1, 0.15) is 6.92 Å². The Balaban J connectivity index is 3.89. The Morgan fingerprint density at radius 1 is 0.438 bits per heavy atom. The lowest BCUT2D eigenvalue weighted by Crippen LogP contribution is -2.47. The second kappa shape index (κ2) is 15.6. The van der Waals surface area contributed by atoms with Gasteiger partial charge in [-0.25, -0.2) is 0 Å². The Kier molecular flexibility index (Phi) is 13.5. The van der Waals surface area contributed by atoms with Gasteiger partial charge in [0.25, 0.3) is 0 Å². The Hall–Kier alpha value is -4.24. The molecule has 0 aromatic rings. The van der Waals surface area contributed by atoms with Crippen molar-refractivity contribution < 1.29 is 43.5 Å². The van der Waals surface area contributed by atoms with Gasteiger partial charge in [0, 0.05) is 6.92 Å². The van der Waals surface area contributed by atoms with Crippen molar-refractivity contribution >= 4 is 47.3 Å². The molecule has 0 aliphatic carbocycles. The summed E-state index contributed by atoms with van der Waals surface area (Å²) in [5, 5.41) is 23.6. The number of nitrogens with one attached hydrogen (secondary N) is 7. The van der Waals surface area contributed by atoms with E-state index in [0.717, 1.165) is 0 Å². The fraction of sp³-hybridized carbons (Fsp3) is 0.500. The van der Waals surface area contributed by atoms with Gasteiger partial charge in [0.2, 0.25) is 41.4 Å². The molecule has 0 radical (unpaired) electrons. The number of rotatable bonds is 14. The van der Waals surface area contributed by atoms with Gasteiger partial charge in [0.1, 0.15) is 6.54 Å². The molecular weight excluding hydrogens is 434 g/mol. The minimum absolute atomic E-state index is 0.297. The summed E-state index contributed by atoms with van der Waals surface area (Å²) in [5.41, 5.74) is 0. The van der Waals surface area contributed by atoms with Crippen LogP contribution in [0.3, 0.4) is 0 Å². The topological polar surface area (TPSA) is 241 Å². The van der Waals surface area contributed by atoms with E-state index >= 15 is 0 Å². The summed E-state index contributed by atoms with van der Waals surface area (Å²) >= 11 is 0. The third kappa shape index (κ3) is 16.7. The first-order valence-corrected chi connectivity index (χ1v) is 9.06. The second-order valence-corrected chi connectivity index (χ2v) is 5.96. The molecule has 0 saturated carbocycles. The molecule has 0 atom stereocenters. The van der Waals surface area contributed by atoms with Gasteiger partial charge in [0.05, 0.1) is 39.3 Å². The molecule has 0 bridgehead atoms. The van der Waals surface area contributed by atoms with Gasteiger partial charge in [0.15, 0.2) is 0 Å². The van der Waals surface area contributed by atoms with E-state index in [1.54, 1.807) is 0 Å². The number of hydrogen-bond acceptors (Lipinski definition) is 8. The monoisotopic (exact) mass is 459 g/mol. The van der Waals surface area contributed by atoms with E-state index in [0.29, 0.717) is 0 Å². The van der Waals surface area contributed by atoms with Gasteiger partial charge in [-0.1, -0.05) is 0 Å². The maximum Gasteiger partial charge on any atom is 0.322 e. The van der Waals surface area contributed by atoms with Crippen LogP contribution in [0.25, 0.3) is 0 Å². The first-order valence-electron chi connectivity index (χ1n) is 9.06. The zero-order chi connectivity index (χ0) is 24.5. The Labute approximate surface area is 181 Å². The van der Waals surface area contributed by atoms with Crippen molar-refractivity contribution in [1.29, 1.82) is 0 Å². The third-order valence-electron chi connectivity index (χ3n) is 3.17. The van der Waals surface area contributed by atoms with Gasteiger partial charge < -0.3 is 42.3 Å². The summed E-state index contributed by atoms with van der Waals surface area (Å²) in [4.78, 5) is 89.6. The fourth-order valence-electron chi connectivity index (χ4n) is 1.65. The van der Waals surface area contributed by atoms with Crippen molar-refractivity contribution in [2.24, 2.45) is 0 Å². The number of carboxylic acids is 1. The van der Waals surface area contributed by atoms with Gasteiger partial charge >= 0.3 is 5.97 Å². The largest absolute Gasteiger partial charge is 0.480 e. The number of carbonyl (C=O) groups excluding carboxylic acids is 7. The Morgan fingerprint density at radius 3 is 0.875 bits per heavy atom. The smallest absolute Gasteiger partial charge is 0.322 e. The summed E-state index contributed by atoms with van der Waals surface area (Å²) in [6.07, 6.45) is 0. The molecular formula is C16H25N7O9. The van der Waals surface area contributed by atoms with Gasteiger partial charge in [-0.3, -0.25) is 38.4 Å². The molecule has 16 nitrogen and oxygen atoms in total. The average molecular weight is 459 g/mol. The molecule has 0 aliphatic rings. The molecule has 0 unspecified atom stereocenters. The van der Waals surface area contributed by atoms with Crippen molar-refractivity contribution in [1.82, 2.24) is 37.2 Å². The van der Waals surface area contributed by atoms with E-state index in [1.807, 2.05) is 5.32 Å². The minimum atomic E-state index is -1.25. The highest BCUT2D eigenvalue weighted by atomic mass is 16.4. The van der Waals surface area contributed by atoms with Crippen molar-refractivity contribution in [2.75, 3.05) is 45.8 Å². The number of hydrogen-bond donors (Lipinski definition) is 8. The maximum absolute atomic E-state index is 11.6. The lowest BCUT2D eigenvalue weighted by Gasteiger charge is -2.09. The fourth-order valence-corrected chi connectivity index (χ4v) is 1.65. The first kappa shape index (κ1) is 27.8. The molecule has 0 saturated heterocycles. The van der Waals surface area contributed by atoms with Gasteiger partial charge in [-0.2, -0.15) is 0 Å². The summed E-state index contributed by atoms with van der Waals surface area (Å²) in [6.45, 7) is -2.03. The standard InChI is InChI=1S/C16H25N7O9/c1-9(24)17-2-10(25)18-3-11(26)19-4-12(27)20-5-13(28)21-6-14(29)22-7-15(30)23-8-16(31)32/h2-8H2,1H3,(H,17,24)(H,18,25)(H,19,26)(H,20,27)(H,21,28)(H,22,29)(H,23,30)(H,31,32). The van der Waals surface area contributed by atoms with Gasteiger partial charge in [-0.05, 0) is 0 Å². The molecule has 0 aliphatic heterocycles. The first-order chi connectivity index (χ1) is 15.0. The van der Waals surface area contributed by atoms with Crippen molar-refractivity contribution in [3.8, 4) is 0 Å². The maximum atomic E-state index is 11.6. The average Bonchev–Trinajstić information content (AvgIpc) is 2.74. The summed E-state index contributed by atoms with van der Waals surface area (Å²) in [7, 11) is 0. The summed E-state index contributed by atoms with van der Waals surface area (Å²) in [5.74, 6) is -5.81. The highest BCUT2D eigenvalue weighted by Gasteiger charge is 2.11. The van der Waals surface area contributed by atoms with Crippen molar-refractivity contribution in [3.63, 3.8) is 0 Å². The quantitative estimate of drug-likeness (QED) is 0.123. The molecule has 178 valence electrons. The van der Waals surface area contributed by atoms with Crippen LogP contribution in [0.2, 0.25) is 0 Å². The molecule has 8 N–H and O–H groups in total. The van der Waals surface area contributed by atoms with E-state index < -0.39 is 86.6 Å². The molecule has 7 amide bonds. The normalized spacial score (nSPS) is 9.53. The molecule has 0 heterocycles. The summed E-state index contributed by atoms with van der Waals surface area (Å²) in [6, 6.07) is 0. The molecule has 0 rings (SSSR count). The van der Waals surface area contributed by atoms with Crippen LogP contribution in [0.15, 0.2) is 0 Å². The number of carboxylic acid groups (broad SMARTS) is 1. The molecule has 0 aromatic carbocycles. The zero-order valence-corrected chi connectivity index (χ0v) is 17.2. The van der Waals surface area contributed by atoms with Crippen LogP contribution in [-0.4, -0.2) is 98.2 Å². The van der Waals surface area contributed by atoms with Crippen LogP contribution >= 0.6 is 0 Å². The number of amides is 7. The minimum Gasteiger partial charge on any atom is -0.480 e. The van der Waals surface area contributed by atoms with E-state index in [2.05, 4.69) is 31.9 Å². The van der Waals surface area contributed by atoms with Crippen molar-refractivity contribution in [3.05, 3.63) is 0 Å². The Bertz CT molecular complexity index is 692. The molecule has 0 spiro atoms. The van der Waals surface area contributed by atoms with Crippen LogP contribution < -0.4 is 37.2 Å². The van der Waals surface area contributed by atoms with E-state index in [4.69, 9.17) is 5.11 Å². The molecule has 0 fully saturated rings. The summed E-state index contributed by atoms with van der Waals surface area (Å²) < 4.78 is 0. The number of carbonyl (C=O) groups is 8. The third-order valence-corrected chi connectivity index (χ3v) is 3.17. The molecule has 0 aromatic heterocycles.